The van der Waals surface area contributed by atoms with Crippen molar-refractivity contribution in [1.29, 1.82) is 0 Å². The first kappa shape index (κ1) is 11.2. The van der Waals surface area contributed by atoms with Gasteiger partial charge in [-0.2, -0.15) is 0 Å². The Morgan fingerprint density at radius 2 is 2.38 bits per heavy atom. The van der Waals surface area contributed by atoms with Crippen molar-refractivity contribution in [3.63, 3.8) is 0 Å². The van der Waals surface area contributed by atoms with E-state index in [-0.39, 0.29) is 6.10 Å². The van der Waals surface area contributed by atoms with E-state index in [1.165, 1.54) is 8.66 Å². The zero-order chi connectivity index (χ0) is 9.68. The predicted molar refractivity (Wildman–Crippen MR) is 60.3 cm³/mol. The quantitative estimate of drug-likeness (QED) is 0.797. The minimum atomic E-state index is -0.255. The molecule has 1 rings (SSSR count). The predicted octanol–water partition coefficient (Wildman–Crippen LogP) is 2.02. The van der Waals surface area contributed by atoms with E-state index in [9.17, 15) is 0 Å². The average molecular weight is 264 g/mol. The van der Waals surface area contributed by atoms with E-state index in [0.717, 1.165) is 13.0 Å². The van der Waals surface area contributed by atoms with Gasteiger partial charge < -0.3 is 10.4 Å². The van der Waals surface area contributed by atoms with Gasteiger partial charge in [0.15, 0.2) is 0 Å². The van der Waals surface area contributed by atoms with E-state index < -0.39 is 0 Å². The normalized spacial score (nSPS) is 13.2. The minimum Gasteiger partial charge on any atom is -0.392 e. The molecule has 13 heavy (non-hydrogen) atoms. The van der Waals surface area contributed by atoms with Crippen LogP contribution in [-0.4, -0.2) is 24.3 Å². The van der Waals surface area contributed by atoms with Gasteiger partial charge in [0.1, 0.15) is 0 Å². The third-order valence-corrected chi connectivity index (χ3v) is 3.30. The van der Waals surface area contributed by atoms with Gasteiger partial charge in [0.25, 0.3) is 0 Å². The highest BCUT2D eigenvalue weighted by atomic mass is 79.9. The molecule has 4 heteroatoms. The molecule has 1 unspecified atom stereocenters. The Kier molecular flexibility index (Phi) is 4.94. The number of halogens is 1. The van der Waals surface area contributed by atoms with Crippen molar-refractivity contribution in [2.45, 2.75) is 19.4 Å². The van der Waals surface area contributed by atoms with Crippen LogP contribution in [0.15, 0.2) is 15.9 Å². The lowest BCUT2D eigenvalue weighted by atomic mass is 10.3. The maximum Gasteiger partial charge on any atom is 0.0701 e. The fraction of sp³-hybridized carbons (Fsp3) is 0.556. The van der Waals surface area contributed by atoms with Gasteiger partial charge in [0.2, 0.25) is 0 Å². The Labute approximate surface area is 91.1 Å². The average Bonchev–Trinajstić information content (AvgIpc) is 2.45. The van der Waals surface area contributed by atoms with Gasteiger partial charge in [-0.15, -0.1) is 11.3 Å². The molecule has 0 aliphatic heterocycles. The smallest absolute Gasteiger partial charge is 0.0701 e. The second-order valence-electron chi connectivity index (χ2n) is 3.01. The molecule has 0 saturated carbocycles. The van der Waals surface area contributed by atoms with Crippen LogP contribution in [0, 0.1) is 0 Å². The van der Waals surface area contributed by atoms with Crippen LogP contribution in [0.25, 0.3) is 0 Å². The van der Waals surface area contributed by atoms with Crippen LogP contribution in [0.5, 0.6) is 0 Å². The number of rotatable bonds is 5. The molecule has 0 fully saturated rings. The standard InChI is InChI=1S/C9H14BrNOS/c1-7(12)6-11-5-4-8-2-3-9(10)13-8/h2-3,7,11-12H,4-6H2,1H3. The molecule has 2 N–H and O–H groups in total. The van der Waals surface area contributed by atoms with Crippen molar-refractivity contribution in [3.8, 4) is 0 Å². The van der Waals surface area contributed by atoms with Crippen LogP contribution < -0.4 is 5.32 Å². The van der Waals surface area contributed by atoms with E-state index in [1.807, 2.05) is 0 Å². The number of thiophene rings is 1. The van der Waals surface area contributed by atoms with Gasteiger partial charge in [-0.1, -0.05) is 0 Å². The van der Waals surface area contributed by atoms with E-state index in [2.05, 4.69) is 33.4 Å². The first-order chi connectivity index (χ1) is 6.18. The second-order valence-corrected chi connectivity index (χ2v) is 5.56. The Morgan fingerprint density at radius 3 is 2.92 bits per heavy atom. The van der Waals surface area contributed by atoms with E-state index in [0.29, 0.717) is 6.54 Å². The largest absolute Gasteiger partial charge is 0.392 e. The molecule has 0 aliphatic rings. The second kappa shape index (κ2) is 5.75. The molecule has 1 atom stereocenters. The van der Waals surface area contributed by atoms with E-state index in [4.69, 9.17) is 5.11 Å². The van der Waals surface area contributed by atoms with Crippen molar-refractivity contribution >= 4 is 27.3 Å². The molecule has 0 radical (unpaired) electrons. The maximum atomic E-state index is 8.99. The van der Waals surface area contributed by atoms with Crippen molar-refractivity contribution in [2.75, 3.05) is 13.1 Å². The molecular weight excluding hydrogens is 250 g/mol. The van der Waals surface area contributed by atoms with Gasteiger partial charge in [-0.25, -0.2) is 0 Å². The SMILES string of the molecule is CC(O)CNCCc1ccc(Br)s1. The molecule has 0 spiro atoms. The van der Waals surface area contributed by atoms with E-state index >= 15 is 0 Å². The first-order valence-corrected chi connectivity index (χ1v) is 5.92. The summed E-state index contributed by atoms with van der Waals surface area (Å²) in [7, 11) is 0. The summed E-state index contributed by atoms with van der Waals surface area (Å²) in [6.45, 7) is 3.39. The molecule has 1 heterocycles. The van der Waals surface area contributed by atoms with Crippen molar-refractivity contribution in [3.05, 3.63) is 20.8 Å². The van der Waals surface area contributed by atoms with Gasteiger partial charge >= 0.3 is 0 Å². The molecule has 2 nitrogen and oxygen atoms in total. The van der Waals surface area contributed by atoms with Crippen molar-refractivity contribution < 1.29 is 5.11 Å². The van der Waals surface area contributed by atoms with E-state index in [1.54, 1.807) is 18.3 Å². The molecule has 0 bridgehead atoms. The Bertz CT molecular complexity index is 250. The van der Waals surface area contributed by atoms with Crippen molar-refractivity contribution in [1.82, 2.24) is 5.32 Å². The van der Waals surface area contributed by atoms with Crippen LogP contribution >= 0.6 is 27.3 Å². The van der Waals surface area contributed by atoms with Crippen LogP contribution in [0.1, 0.15) is 11.8 Å². The highest BCUT2D eigenvalue weighted by Crippen LogP contribution is 2.21. The van der Waals surface area contributed by atoms with Gasteiger partial charge in [-0.3, -0.25) is 0 Å². The summed E-state index contributed by atoms with van der Waals surface area (Å²) in [6, 6.07) is 4.19. The highest BCUT2D eigenvalue weighted by Gasteiger charge is 1.98. The van der Waals surface area contributed by atoms with Gasteiger partial charge in [0.05, 0.1) is 9.89 Å². The summed E-state index contributed by atoms with van der Waals surface area (Å²) in [6.07, 6.45) is 0.776. The Balaban J connectivity index is 2.13. The fourth-order valence-corrected chi connectivity index (χ4v) is 2.49. The van der Waals surface area contributed by atoms with Crippen molar-refractivity contribution in [2.24, 2.45) is 0 Å². The molecule has 74 valence electrons. The summed E-state index contributed by atoms with van der Waals surface area (Å²) in [5, 5.41) is 12.2. The van der Waals surface area contributed by atoms with Crippen LogP contribution in [0.4, 0.5) is 0 Å². The molecule has 0 amide bonds. The lowest BCUT2D eigenvalue weighted by Gasteiger charge is -2.05. The molecule has 0 saturated heterocycles. The number of aliphatic hydroxyl groups excluding tert-OH is 1. The summed E-state index contributed by atoms with van der Waals surface area (Å²) in [5.74, 6) is 0. The first-order valence-electron chi connectivity index (χ1n) is 4.31. The van der Waals surface area contributed by atoms with Crippen LogP contribution in [-0.2, 0) is 6.42 Å². The molecule has 1 aromatic rings. The minimum absolute atomic E-state index is 0.255. The number of nitrogens with one attached hydrogen (secondary N) is 1. The zero-order valence-electron chi connectivity index (χ0n) is 7.59. The summed E-state index contributed by atoms with van der Waals surface area (Å²) >= 11 is 5.18. The lowest BCUT2D eigenvalue weighted by molar-refractivity contribution is 0.192. The molecule has 0 aliphatic carbocycles. The maximum absolute atomic E-state index is 8.99. The number of hydrogen-bond donors (Lipinski definition) is 2. The molecule has 1 aromatic heterocycles. The number of aliphatic hydroxyl groups is 1. The lowest BCUT2D eigenvalue weighted by Crippen LogP contribution is -2.26. The molecule has 0 aromatic carbocycles. The topological polar surface area (TPSA) is 32.3 Å². The fourth-order valence-electron chi connectivity index (χ4n) is 1.01. The third kappa shape index (κ3) is 4.76. The van der Waals surface area contributed by atoms with Gasteiger partial charge in [0, 0.05) is 18.0 Å². The van der Waals surface area contributed by atoms with Gasteiger partial charge in [-0.05, 0) is 41.4 Å². The highest BCUT2D eigenvalue weighted by molar-refractivity contribution is 9.11. The number of hydrogen-bond acceptors (Lipinski definition) is 3. The summed E-state index contributed by atoms with van der Waals surface area (Å²) in [5.41, 5.74) is 0. The zero-order valence-corrected chi connectivity index (χ0v) is 9.99. The molecular formula is C9H14BrNOS. The Morgan fingerprint density at radius 1 is 1.62 bits per heavy atom. The van der Waals surface area contributed by atoms with Crippen LogP contribution in [0.3, 0.4) is 0 Å². The van der Waals surface area contributed by atoms with Crippen LogP contribution in [0.2, 0.25) is 0 Å². The third-order valence-electron chi connectivity index (χ3n) is 1.62. The monoisotopic (exact) mass is 263 g/mol. The summed E-state index contributed by atoms with van der Waals surface area (Å²) in [4.78, 5) is 1.37. The summed E-state index contributed by atoms with van der Waals surface area (Å²) < 4.78 is 1.18. The Hall–Kier alpha value is 0.1000.